The van der Waals surface area contributed by atoms with E-state index < -0.39 is 10.1 Å². The average Bonchev–Trinajstić information content (AvgIpc) is 2.74. The van der Waals surface area contributed by atoms with Gasteiger partial charge in [-0.2, -0.15) is 0 Å². The quantitative estimate of drug-likeness (QED) is 0.523. The molecule has 0 amide bonds. The van der Waals surface area contributed by atoms with E-state index in [1.165, 1.54) is 50.5 Å². The fraction of sp³-hybridized carbons (Fsp3) is 0.750. The average molecular weight is 404 g/mol. The molecule has 3 nitrogen and oxygen atoms in total. The highest BCUT2D eigenvalue weighted by molar-refractivity contribution is 7.85. The molecule has 28 heavy (non-hydrogen) atoms. The van der Waals surface area contributed by atoms with E-state index in [-0.39, 0.29) is 10.8 Å². The summed E-state index contributed by atoms with van der Waals surface area (Å²) in [5, 5.41) is 0. The molecule has 1 aromatic rings. The molecule has 4 rings (SSSR count). The van der Waals surface area contributed by atoms with E-state index in [0.29, 0.717) is 11.8 Å². The van der Waals surface area contributed by atoms with E-state index >= 15 is 0 Å². The van der Waals surface area contributed by atoms with Crippen LogP contribution in [0.1, 0.15) is 131 Å². The molecule has 0 aromatic heterocycles. The van der Waals surface area contributed by atoms with Gasteiger partial charge in [0.2, 0.25) is 0 Å². The van der Waals surface area contributed by atoms with Gasteiger partial charge in [0.25, 0.3) is 0 Å². The Morgan fingerprint density at radius 2 is 1.11 bits per heavy atom. The summed E-state index contributed by atoms with van der Waals surface area (Å²) in [6.07, 6.45) is 17.6. The Morgan fingerprint density at radius 3 is 1.61 bits per heavy atom. The molecule has 0 radical (unpaired) electrons. The predicted molar refractivity (Wildman–Crippen MR) is 112 cm³/mol. The summed E-state index contributed by atoms with van der Waals surface area (Å²) in [5.41, 5.74) is 3.31. The highest BCUT2D eigenvalue weighted by Crippen LogP contribution is 2.46. The van der Waals surface area contributed by atoms with Gasteiger partial charge in [0.1, 0.15) is 10.1 Å². The standard InChI is InChI=1S/C24H36O3S/c25-28(26,27)23-17-21(18-10-4-1-5-11-18)16-22(19-12-6-2-7-13-19)24(23)20-14-8-3-9-15-20/h16-20H,1-15H2,(H,25,26,27)/p-1. The van der Waals surface area contributed by atoms with E-state index in [1.807, 2.05) is 0 Å². The number of hydrogen-bond acceptors (Lipinski definition) is 3. The lowest BCUT2D eigenvalue weighted by Gasteiger charge is -2.34. The van der Waals surface area contributed by atoms with Crippen molar-refractivity contribution in [3.8, 4) is 0 Å². The maximum Gasteiger partial charge on any atom is 0.124 e. The summed E-state index contributed by atoms with van der Waals surface area (Å²) in [6, 6.07) is 4.15. The number of benzene rings is 1. The van der Waals surface area contributed by atoms with E-state index in [4.69, 9.17) is 0 Å². The van der Waals surface area contributed by atoms with Gasteiger partial charge in [-0.3, -0.25) is 0 Å². The fourth-order valence-electron chi connectivity index (χ4n) is 6.13. The molecule has 0 bridgehead atoms. The van der Waals surface area contributed by atoms with Gasteiger partial charge in [-0.1, -0.05) is 63.9 Å². The van der Waals surface area contributed by atoms with Crippen molar-refractivity contribution in [2.75, 3.05) is 0 Å². The molecule has 0 atom stereocenters. The molecule has 1 aromatic carbocycles. The van der Waals surface area contributed by atoms with Gasteiger partial charge in [0, 0.05) is 0 Å². The van der Waals surface area contributed by atoms with Crippen LogP contribution in [0, 0.1) is 0 Å². The highest BCUT2D eigenvalue weighted by atomic mass is 32.2. The van der Waals surface area contributed by atoms with Crippen LogP contribution in [0.15, 0.2) is 17.0 Å². The molecule has 3 aliphatic carbocycles. The maximum absolute atomic E-state index is 12.4. The van der Waals surface area contributed by atoms with Crippen LogP contribution in [0.3, 0.4) is 0 Å². The summed E-state index contributed by atoms with van der Waals surface area (Å²) >= 11 is 0. The third-order valence-electron chi connectivity index (χ3n) is 7.60. The minimum Gasteiger partial charge on any atom is -0.744 e. The second-order valence-corrected chi connectivity index (χ2v) is 10.8. The fourth-order valence-corrected chi connectivity index (χ4v) is 6.96. The largest absolute Gasteiger partial charge is 0.744 e. The first-order chi connectivity index (χ1) is 13.5. The second-order valence-electron chi connectivity index (χ2n) is 9.48. The molecule has 3 fully saturated rings. The predicted octanol–water partition coefficient (Wildman–Crippen LogP) is 6.73. The van der Waals surface area contributed by atoms with Crippen LogP contribution in [0.5, 0.6) is 0 Å². The van der Waals surface area contributed by atoms with Crippen molar-refractivity contribution >= 4 is 10.1 Å². The lowest BCUT2D eigenvalue weighted by Crippen LogP contribution is -2.18. The van der Waals surface area contributed by atoms with Gasteiger partial charge < -0.3 is 4.55 Å². The lowest BCUT2D eigenvalue weighted by molar-refractivity contribution is 0.407. The van der Waals surface area contributed by atoms with Crippen molar-refractivity contribution in [3.05, 3.63) is 28.8 Å². The van der Waals surface area contributed by atoms with Crippen LogP contribution in [0.25, 0.3) is 0 Å². The monoisotopic (exact) mass is 403 g/mol. The molecule has 0 saturated heterocycles. The Hall–Kier alpha value is -0.870. The van der Waals surface area contributed by atoms with E-state index in [1.54, 1.807) is 6.07 Å². The summed E-state index contributed by atoms with van der Waals surface area (Å²) in [4.78, 5) is 0.142. The third kappa shape index (κ3) is 4.48. The second kappa shape index (κ2) is 8.87. The van der Waals surface area contributed by atoms with Gasteiger partial charge >= 0.3 is 0 Å². The Morgan fingerprint density at radius 1 is 0.643 bits per heavy atom. The van der Waals surface area contributed by atoms with Crippen LogP contribution in [-0.2, 0) is 10.1 Å². The van der Waals surface area contributed by atoms with Gasteiger partial charge in [0.15, 0.2) is 0 Å². The van der Waals surface area contributed by atoms with Crippen molar-refractivity contribution < 1.29 is 13.0 Å². The molecule has 4 heteroatoms. The zero-order valence-corrected chi connectivity index (χ0v) is 17.9. The minimum atomic E-state index is -4.46. The van der Waals surface area contributed by atoms with E-state index in [9.17, 15) is 13.0 Å². The molecule has 0 heterocycles. The van der Waals surface area contributed by atoms with Gasteiger partial charge in [-0.25, -0.2) is 8.42 Å². The summed E-state index contributed by atoms with van der Waals surface area (Å²) in [5.74, 6) is 1.12. The Bertz CT molecular complexity index is 765. The maximum atomic E-state index is 12.4. The number of hydrogen-bond donors (Lipinski definition) is 0. The van der Waals surface area contributed by atoms with Crippen molar-refractivity contribution in [2.45, 2.75) is 119 Å². The van der Waals surface area contributed by atoms with Crippen LogP contribution >= 0.6 is 0 Å². The molecule has 156 valence electrons. The lowest BCUT2D eigenvalue weighted by atomic mass is 9.74. The van der Waals surface area contributed by atoms with Crippen molar-refractivity contribution in [2.24, 2.45) is 0 Å². The topological polar surface area (TPSA) is 57.2 Å². The van der Waals surface area contributed by atoms with Gasteiger partial charge in [-0.15, -0.1) is 0 Å². The third-order valence-corrected chi connectivity index (χ3v) is 8.48. The Labute approximate surface area is 171 Å². The van der Waals surface area contributed by atoms with Crippen LogP contribution < -0.4 is 0 Å². The summed E-state index contributed by atoms with van der Waals surface area (Å²) < 4.78 is 37.2. The summed E-state index contributed by atoms with van der Waals surface area (Å²) in [6.45, 7) is 0. The van der Waals surface area contributed by atoms with Gasteiger partial charge in [-0.05, 0) is 79.0 Å². The first-order valence-electron chi connectivity index (χ1n) is 11.7. The Balaban J connectivity index is 1.84. The molecule has 0 aliphatic heterocycles. The SMILES string of the molecule is O=S(=O)([O-])c1cc(C2CCCCC2)cc(C2CCCCC2)c1C1CCCCC1. The Kier molecular flexibility index (Phi) is 6.46. The number of rotatable bonds is 4. The van der Waals surface area contributed by atoms with Crippen molar-refractivity contribution in [3.63, 3.8) is 0 Å². The zero-order valence-electron chi connectivity index (χ0n) is 17.1. The summed E-state index contributed by atoms with van der Waals surface area (Å²) in [7, 11) is -4.46. The first-order valence-corrected chi connectivity index (χ1v) is 13.1. The first kappa shape index (κ1) is 20.4. The molecule has 0 N–H and O–H groups in total. The molecule has 0 unspecified atom stereocenters. The van der Waals surface area contributed by atoms with Crippen LogP contribution in [0.2, 0.25) is 0 Å². The molecule has 3 saturated carbocycles. The van der Waals surface area contributed by atoms with Crippen molar-refractivity contribution in [1.29, 1.82) is 0 Å². The van der Waals surface area contributed by atoms with Crippen molar-refractivity contribution in [1.82, 2.24) is 0 Å². The van der Waals surface area contributed by atoms with E-state index in [2.05, 4.69) is 6.07 Å². The van der Waals surface area contributed by atoms with Crippen LogP contribution in [0.4, 0.5) is 0 Å². The highest BCUT2D eigenvalue weighted by Gasteiger charge is 2.30. The smallest absolute Gasteiger partial charge is 0.124 e. The zero-order chi connectivity index (χ0) is 19.6. The van der Waals surface area contributed by atoms with Crippen LogP contribution in [-0.4, -0.2) is 13.0 Å². The van der Waals surface area contributed by atoms with Gasteiger partial charge in [0.05, 0.1) is 4.90 Å². The molecule has 3 aliphatic rings. The molecular weight excluding hydrogens is 368 g/mol. The van der Waals surface area contributed by atoms with E-state index in [0.717, 1.165) is 62.5 Å². The molecule has 0 spiro atoms. The normalized spacial score (nSPS) is 23.8. The molecular formula is C24H35O3S-. The minimum absolute atomic E-state index is 0.142.